The standard InChI is InChI=1S/C20H17N3O2/c1-13-18(14-7-3-2-4-8-14)19(13)20(24)22-12-15-11-17(23-25-15)16-9-5-6-10-21-16/h2-11,19H,12H2,1H3,(H,22,24). The fourth-order valence-electron chi connectivity index (χ4n) is 2.98. The van der Waals surface area contributed by atoms with Crippen LogP contribution in [0.5, 0.6) is 0 Å². The summed E-state index contributed by atoms with van der Waals surface area (Å²) in [5, 5.41) is 6.92. The first-order valence-corrected chi connectivity index (χ1v) is 8.15. The second kappa shape index (κ2) is 6.36. The predicted molar refractivity (Wildman–Crippen MR) is 94.1 cm³/mol. The van der Waals surface area contributed by atoms with E-state index in [9.17, 15) is 4.79 Å². The van der Waals surface area contributed by atoms with Gasteiger partial charge in [0.25, 0.3) is 0 Å². The van der Waals surface area contributed by atoms with Crippen molar-refractivity contribution in [1.82, 2.24) is 15.5 Å². The average Bonchev–Trinajstić information content (AvgIpc) is 3.11. The van der Waals surface area contributed by atoms with Gasteiger partial charge in [0, 0.05) is 12.3 Å². The van der Waals surface area contributed by atoms with Gasteiger partial charge in [-0.2, -0.15) is 0 Å². The molecule has 0 fully saturated rings. The normalized spacial score (nSPS) is 16.0. The summed E-state index contributed by atoms with van der Waals surface area (Å²) in [5.74, 6) is 0.460. The number of carbonyl (C=O) groups excluding carboxylic acids is 1. The van der Waals surface area contributed by atoms with Gasteiger partial charge < -0.3 is 9.84 Å². The van der Waals surface area contributed by atoms with Gasteiger partial charge >= 0.3 is 0 Å². The lowest BCUT2D eigenvalue weighted by Crippen LogP contribution is -2.25. The molecule has 1 amide bonds. The molecule has 2 aromatic heterocycles. The van der Waals surface area contributed by atoms with E-state index in [1.54, 1.807) is 12.3 Å². The second-order valence-corrected chi connectivity index (χ2v) is 6.01. The lowest BCUT2D eigenvalue weighted by molar-refractivity contribution is -0.121. The monoisotopic (exact) mass is 331 g/mol. The third-order valence-electron chi connectivity index (χ3n) is 4.33. The first kappa shape index (κ1) is 15.3. The van der Waals surface area contributed by atoms with Crippen molar-refractivity contribution in [2.24, 2.45) is 5.92 Å². The molecule has 5 heteroatoms. The molecule has 0 bridgehead atoms. The van der Waals surface area contributed by atoms with Crippen LogP contribution >= 0.6 is 0 Å². The molecular formula is C20H17N3O2. The molecule has 0 aliphatic heterocycles. The lowest BCUT2D eigenvalue weighted by atomic mass is 10.1. The van der Waals surface area contributed by atoms with E-state index in [4.69, 9.17) is 4.52 Å². The first-order valence-electron chi connectivity index (χ1n) is 8.15. The van der Waals surface area contributed by atoms with Crippen molar-refractivity contribution in [2.75, 3.05) is 0 Å². The summed E-state index contributed by atoms with van der Waals surface area (Å²) in [4.78, 5) is 16.7. The molecule has 4 rings (SSSR count). The quantitative estimate of drug-likeness (QED) is 0.777. The molecule has 2 heterocycles. The number of hydrogen-bond donors (Lipinski definition) is 1. The number of benzene rings is 1. The van der Waals surface area contributed by atoms with Gasteiger partial charge in [0.2, 0.25) is 5.91 Å². The van der Waals surface area contributed by atoms with Gasteiger partial charge in [-0.25, -0.2) is 0 Å². The highest BCUT2D eigenvalue weighted by Gasteiger charge is 2.39. The first-order chi connectivity index (χ1) is 12.2. The molecule has 0 saturated heterocycles. The fraction of sp³-hybridized carbons (Fsp3) is 0.150. The number of amides is 1. The summed E-state index contributed by atoms with van der Waals surface area (Å²) >= 11 is 0. The summed E-state index contributed by atoms with van der Waals surface area (Å²) in [6.07, 6.45) is 1.71. The van der Waals surface area contributed by atoms with E-state index < -0.39 is 0 Å². The summed E-state index contributed by atoms with van der Waals surface area (Å²) in [5.41, 5.74) is 4.75. The smallest absolute Gasteiger partial charge is 0.232 e. The summed E-state index contributed by atoms with van der Waals surface area (Å²) in [7, 11) is 0. The SMILES string of the molecule is CC1=C(c2ccccc2)C1C(=O)NCc1cc(-c2ccccn2)no1. The maximum atomic E-state index is 12.4. The average molecular weight is 331 g/mol. The number of nitrogens with zero attached hydrogens (tertiary/aromatic N) is 2. The van der Waals surface area contributed by atoms with Crippen LogP contribution in [-0.2, 0) is 11.3 Å². The highest BCUT2D eigenvalue weighted by atomic mass is 16.5. The number of rotatable bonds is 5. The van der Waals surface area contributed by atoms with E-state index in [2.05, 4.69) is 15.5 Å². The largest absolute Gasteiger partial charge is 0.359 e. The minimum atomic E-state index is -0.138. The van der Waals surface area contributed by atoms with Crippen LogP contribution in [0.2, 0.25) is 0 Å². The van der Waals surface area contributed by atoms with E-state index in [1.165, 1.54) is 0 Å². The van der Waals surface area contributed by atoms with E-state index in [0.717, 1.165) is 22.4 Å². The third kappa shape index (κ3) is 3.08. The van der Waals surface area contributed by atoms with Gasteiger partial charge in [-0.3, -0.25) is 9.78 Å². The summed E-state index contributed by atoms with van der Waals surface area (Å²) in [6.45, 7) is 2.31. The number of hydrogen-bond acceptors (Lipinski definition) is 4. The Hall–Kier alpha value is -3.21. The minimum absolute atomic E-state index is 0.00728. The molecule has 25 heavy (non-hydrogen) atoms. The minimum Gasteiger partial charge on any atom is -0.359 e. The molecule has 5 nitrogen and oxygen atoms in total. The van der Waals surface area contributed by atoms with Gasteiger partial charge in [-0.1, -0.05) is 47.1 Å². The highest BCUT2D eigenvalue weighted by Crippen LogP contribution is 2.46. The zero-order valence-corrected chi connectivity index (χ0v) is 13.8. The van der Waals surface area contributed by atoms with E-state index in [-0.39, 0.29) is 11.8 Å². The zero-order chi connectivity index (χ0) is 17.2. The predicted octanol–water partition coefficient (Wildman–Crippen LogP) is 3.46. The Labute approximate surface area is 145 Å². The highest BCUT2D eigenvalue weighted by molar-refractivity contribution is 6.05. The van der Waals surface area contributed by atoms with Crippen molar-refractivity contribution in [2.45, 2.75) is 13.5 Å². The van der Waals surface area contributed by atoms with Crippen molar-refractivity contribution in [3.63, 3.8) is 0 Å². The second-order valence-electron chi connectivity index (χ2n) is 6.01. The number of carbonyl (C=O) groups is 1. The Morgan fingerprint density at radius 3 is 2.68 bits per heavy atom. The van der Waals surface area contributed by atoms with E-state index in [0.29, 0.717) is 18.0 Å². The van der Waals surface area contributed by atoms with E-state index >= 15 is 0 Å². The molecule has 124 valence electrons. The van der Waals surface area contributed by atoms with Gasteiger partial charge in [0.1, 0.15) is 5.69 Å². The molecule has 3 aromatic rings. The van der Waals surface area contributed by atoms with Crippen molar-refractivity contribution >= 4 is 11.5 Å². The Bertz CT molecular complexity index is 930. The Kier molecular flexibility index (Phi) is 3.90. The molecule has 1 aromatic carbocycles. The van der Waals surface area contributed by atoms with Crippen molar-refractivity contribution in [1.29, 1.82) is 0 Å². The number of pyridine rings is 1. The van der Waals surface area contributed by atoms with Gasteiger partial charge in [0.05, 0.1) is 18.2 Å². The summed E-state index contributed by atoms with van der Waals surface area (Å²) in [6, 6.07) is 17.4. The van der Waals surface area contributed by atoms with Crippen LogP contribution < -0.4 is 5.32 Å². The lowest BCUT2D eigenvalue weighted by Gasteiger charge is -2.03. The third-order valence-corrected chi connectivity index (χ3v) is 4.33. The van der Waals surface area contributed by atoms with Crippen LogP contribution in [0.25, 0.3) is 17.0 Å². The molecule has 0 radical (unpaired) electrons. The van der Waals surface area contributed by atoms with Crippen LogP contribution in [-0.4, -0.2) is 16.0 Å². The molecule has 1 unspecified atom stereocenters. The molecule has 1 N–H and O–H groups in total. The maximum Gasteiger partial charge on any atom is 0.232 e. The maximum absolute atomic E-state index is 12.4. The van der Waals surface area contributed by atoms with Crippen LogP contribution in [0.15, 0.2) is 70.9 Å². The van der Waals surface area contributed by atoms with Gasteiger partial charge in [0.15, 0.2) is 5.76 Å². The number of aromatic nitrogens is 2. The van der Waals surface area contributed by atoms with Gasteiger partial charge in [-0.05, 0) is 30.2 Å². The van der Waals surface area contributed by atoms with Gasteiger partial charge in [-0.15, -0.1) is 0 Å². The summed E-state index contributed by atoms with van der Waals surface area (Å²) < 4.78 is 5.29. The Morgan fingerprint density at radius 1 is 1.12 bits per heavy atom. The van der Waals surface area contributed by atoms with Crippen LogP contribution in [0.1, 0.15) is 18.2 Å². The fourth-order valence-corrected chi connectivity index (χ4v) is 2.98. The topological polar surface area (TPSA) is 68.0 Å². The Morgan fingerprint density at radius 2 is 1.92 bits per heavy atom. The van der Waals surface area contributed by atoms with Crippen molar-refractivity contribution in [3.8, 4) is 11.4 Å². The zero-order valence-electron chi connectivity index (χ0n) is 13.8. The molecule has 1 aliphatic rings. The molecule has 1 aliphatic carbocycles. The van der Waals surface area contributed by atoms with Crippen molar-refractivity contribution < 1.29 is 9.32 Å². The number of nitrogens with one attached hydrogen (secondary N) is 1. The molecule has 0 spiro atoms. The van der Waals surface area contributed by atoms with Crippen molar-refractivity contribution in [3.05, 3.63) is 77.7 Å². The Balaban J connectivity index is 1.37. The molecule has 0 saturated carbocycles. The van der Waals surface area contributed by atoms with Crippen LogP contribution in [0.3, 0.4) is 0 Å². The molecule has 1 atom stereocenters. The molecular weight excluding hydrogens is 314 g/mol. The van der Waals surface area contributed by atoms with Crippen LogP contribution in [0, 0.1) is 5.92 Å². The van der Waals surface area contributed by atoms with E-state index in [1.807, 2.05) is 55.5 Å². The van der Waals surface area contributed by atoms with Crippen LogP contribution in [0.4, 0.5) is 0 Å².